The van der Waals surface area contributed by atoms with Crippen LogP contribution in [0.5, 0.6) is 0 Å². The lowest BCUT2D eigenvalue weighted by Crippen LogP contribution is -2.32. The summed E-state index contributed by atoms with van der Waals surface area (Å²) in [6.07, 6.45) is 6.68. The van der Waals surface area contributed by atoms with E-state index in [1.807, 2.05) is 18.7 Å². The van der Waals surface area contributed by atoms with E-state index in [1.165, 1.54) is 48.5 Å². The number of amides is 1. The first kappa shape index (κ1) is 18.4. The maximum absolute atomic E-state index is 12.0. The molecule has 0 aliphatic heterocycles. The SMILES string of the molecule is CCN(CC)C(=O)CSc1nnc(SCC2CCCCC2)n1N. The summed E-state index contributed by atoms with van der Waals surface area (Å²) in [6, 6.07) is 0. The molecule has 0 saturated heterocycles. The Kier molecular flexibility index (Phi) is 7.55. The molecule has 0 atom stereocenters. The topological polar surface area (TPSA) is 77.0 Å². The van der Waals surface area contributed by atoms with Crippen LogP contribution in [0.25, 0.3) is 0 Å². The molecule has 1 fully saturated rings. The molecule has 8 heteroatoms. The predicted molar refractivity (Wildman–Crippen MR) is 96.1 cm³/mol. The molecule has 2 N–H and O–H groups in total. The molecule has 1 heterocycles. The molecule has 23 heavy (non-hydrogen) atoms. The summed E-state index contributed by atoms with van der Waals surface area (Å²) in [5, 5.41) is 9.64. The Morgan fingerprint density at radius 2 is 1.78 bits per heavy atom. The van der Waals surface area contributed by atoms with Gasteiger partial charge in [0.05, 0.1) is 5.75 Å². The maximum Gasteiger partial charge on any atom is 0.233 e. The summed E-state index contributed by atoms with van der Waals surface area (Å²) in [5.41, 5.74) is 0. The third kappa shape index (κ3) is 5.31. The van der Waals surface area contributed by atoms with Crippen molar-refractivity contribution in [1.82, 2.24) is 19.8 Å². The summed E-state index contributed by atoms with van der Waals surface area (Å²) >= 11 is 3.04. The van der Waals surface area contributed by atoms with E-state index < -0.39 is 0 Å². The monoisotopic (exact) mass is 357 g/mol. The largest absolute Gasteiger partial charge is 0.343 e. The van der Waals surface area contributed by atoms with Gasteiger partial charge in [-0.2, -0.15) is 0 Å². The Bertz CT molecular complexity index is 498. The van der Waals surface area contributed by atoms with Crippen molar-refractivity contribution >= 4 is 29.4 Å². The third-order valence-corrected chi connectivity index (χ3v) is 6.35. The van der Waals surface area contributed by atoms with Gasteiger partial charge in [0.2, 0.25) is 16.2 Å². The zero-order chi connectivity index (χ0) is 16.7. The molecule has 2 rings (SSSR count). The Morgan fingerprint density at radius 3 is 2.39 bits per heavy atom. The highest BCUT2D eigenvalue weighted by molar-refractivity contribution is 8.00. The van der Waals surface area contributed by atoms with Crippen LogP contribution in [0.1, 0.15) is 46.0 Å². The van der Waals surface area contributed by atoms with E-state index >= 15 is 0 Å². The molecule has 1 aromatic rings. The molecule has 0 radical (unpaired) electrons. The van der Waals surface area contributed by atoms with Gasteiger partial charge in [-0.05, 0) is 32.6 Å². The standard InChI is InChI=1S/C15H27N5OS2/c1-3-19(4-2)13(21)11-23-15-18-17-14(20(15)16)22-10-12-8-6-5-7-9-12/h12H,3-11,16H2,1-2H3. The molecule has 1 aliphatic rings. The van der Waals surface area contributed by atoms with Crippen molar-refractivity contribution in [3.8, 4) is 0 Å². The van der Waals surface area contributed by atoms with Crippen molar-refractivity contribution in [2.24, 2.45) is 5.92 Å². The highest BCUT2D eigenvalue weighted by Crippen LogP contribution is 2.29. The van der Waals surface area contributed by atoms with Crippen LogP contribution in [0.15, 0.2) is 10.3 Å². The molecule has 0 aromatic carbocycles. The van der Waals surface area contributed by atoms with Crippen LogP contribution in [-0.2, 0) is 4.79 Å². The zero-order valence-electron chi connectivity index (χ0n) is 14.0. The van der Waals surface area contributed by atoms with E-state index in [9.17, 15) is 4.79 Å². The quantitative estimate of drug-likeness (QED) is 0.569. The number of aromatic nitrogens is 3. The van der Waals surface area contributed by atoms with Crippen molar-refractivity contribution in [2.45, 2.75) is 56.3 Å². The number of nitrogens with zero attached hydrogens (tertiary/aromatic N) is 4. The van der Waals surface area contributed by atoms with E-state index in [1.54, 1.807) is 11.8 Å². The van der Waals surface area contributed by atoms with Crippen molar-refractivity contribution in [1.29, 1.82) is 0 Å². The summed E-state index contributed by atoms with van der Waals surface area (Å²) in [5.74, 6) is 8.36. The van der Waals surface area contributed by atoms with Gasteiger partial charge in [0, 0.05) is 18.8 Å². The molecule has 0 unspecified atom stereocenters. The van der Waals surface area contributed by atoms with E-state index in [0.717, 1.165) is 29.9 Å². The van der Waals surface area contributed by atoms with Crippen molar-refractivity contribution in [2.75, 3.05) is 30.4 Å². The molecular weight excluding hydrogens is 330 g/mol. The molecule has 6 nitrogen and oxygen atoms in total. The second-order valence-electron chi connectivity index (χ2n) is 5.80. The highest BCUT2D eigenvalue weighted by atomic mass is 32.2. The Balaban J connectivity index is 1.82. The third-order valence-electron chi connectivity index (χ3n) is 4.25. The average Bonchev–Trinajstić information content (AvgIpc) is 2.93. The van der Waals surface area contributed by atoms with Crippen LogP contribution in [0, 0.1) is 5.92 Å². The van der Waals surface area contributed by atoms with Crippen LogP contribution in [-0.4, -0.2) is 50.3 Å². The van der Waals surface area contributed by atoms with E-state index in [4.69, 9.17) is 5.84 Å². The smallest absolute Gasteiger partial charge is 0.233 e. The molecule has 130 valence electrons. The number of carbonyl (C=O) groups excluding carboxylic acids is 1. The van der Waals surface area contributed by atoms with Crippen molar-refractivity contribution in [3.63, 3.8) is 0 Å². The minimum absolute atomic E-state index is 0.111. The van der Waals surface area contributed by atoms with Crippen LogP contribution in [0.4, 0.5) is 0 Å². The fourth-order valence-corrected chi connectivity index (χ4v) is 4.66. The summed E-state index contributed by atoms with van der Waals surface area (Å²) in [4.78, 5) is 13.8. The van der Waals surface area contributed by atoms with Crippen LogP contribution < -0.4 is 5.84 Å². The van der Waals surface area contributed by atoms with Crippen LogP contribution in [0.2, 0.25) is 0 Å². The van der Waals surface area contributed by atoms with Crippen molar-refractivity contribution < 1.29 is 4.79 Å². The number of rotatable bonds is 8. The second-order valence-corrected chi connectivity index (χ2v) is 7.73. The van der Waals surface area contributed by atoms with Gasteiger partial charge in [0.25, 0.3) is 0 Å². The minimum atomic E-state index is 0.111. The number of nitrogens with two attached hydrogens (primary N) is 1. The van der Waals surface area contributed by atoms with Gasteiger partial charge >= 0.3 is 0 Å². The molecule has 0 bridgehead atoms. The first-order chi connectivity index (χ1) is 11.2. The predicted octanol–water partition coefficient (Wildman–Crippen LogP) is 2.62. The highest BCUT2D eigenvalue weighted by Gasteiger charge is 2.18. The lowest BCUT2D eigenvalue weighted by Gasteiger charge is -2.20. The lowest BCUT2D eigenvalue weighted by molar-refractivity contribution is -0.127. The number of nitrogen functional groups attached to an aromatic ring is 1. The normalized spacial score (nSPS) is 15.7. The Labute approximate surface area is 146 Å². The van der Waals surface area contributed by atoms with E-state index in [0.29, 0.717) is 10.9 Å². The van der Waals surface area contributed by atoms with E-state index in [2.05, 4.69) is 10.2 Å². The van der Waals surface area contributed by atoms with Gasteiger partial charge in [0.15, 0.2) is 0 Å². The molecule has 1 aromatic heterocycles. The minimum Gasteiger partial charge on any atom is -0.343 e. The van der Waals surface area contributed by atoms with Crippen LogP contribution in [0.3, 0.4) is 0 Å². The number of thioether (sulfide) groups is 2. The van der Waals surface area contributed by atoms with E-state index in [-0.39, 0.29) is 5.91 Å². The lowest BCUT2D eigenvalue weighted by atomic mass is 9.91. The Hall–Kier alpha value is -0.890. The van der Waals surface area contributed by atoms with Gasteiger partial charge in [-0.15, -0.1) is 10.2 Å². The zero-order valence-corrected chi connectivity index (χ0v) is 15.7. The molecule has 1 saturated carbocycles. The van der Waals surface area contributed by atoms with Gasteiger partial charge in [0.1, 0.15) is 0 Å². The fourth-order valence-electron chi connectivity index (χ4n) is 2.80. The first-order valence-electron chi connectivity index (χ1n) is 8.39. The first-order valence-corrected chi connectivity index (χ1v) is 10.4. The Morgan fingerprint density at radius 1 is 1.17 bits per heavy atom. The van der Waals surface area contributed by atoms with Crippen LogP contribution >= 0.6 is 23.5 Å². The van der Waals surface area contributed by atoms with Gasteiger partial charge in [-0.3, -0.25) is 4.79 Å². The average molecular weight is 358 g/mol. The number of carbonyl (C=O) groups is 1. The summed E-state index contributed by atoms with van der Waals surface area (Å²) in [6.45, 7) is 5.43. The molecular formula is C15H27N5OS2. The van der Waals surface area contributed by atoms with Gasteiger partial charge < -0.3 is 10.7 Å². The van der Waals surface area contributed by atoms with Gasteiger partial charge in [-0.1, -0.05) is 42.8 Å². The molecule has 0 spiro atoms. The molecule has 1 amide bonds. The number of hydrogen-bond donors (Lipinski definition) is 1. The summed E-state index contributed by atoms with van der Waals surface area (Å²) < 4.78 is 1.52. The second kappa shape index (κ2) is 9.42. The fraction of sp³-hybridized carbons (Fsp3) is 0.800. The maximum atomic E-state index is 12.0. The van der Waals surface area contributed by atoms with Crippen molar-refractivity contribution in [3.05, 3.63) is 0 Å². The summed E-state index contributed by atoms with van der Waals surface area (Å²) in [7, 11) is 0. The van der Waals surface area contributed by atoms with Gasteiger partial charge in [-0.25, -0.2) is 4.68 Å². The molecule has 1 aliphatic carbocycles. The number of hydrogen-bond acceptors (Lipinski definition) is 6.